The number of thiazole rings is 1. The van der Waals surface area contributed by atoms with Crippen molar-refractivity contribution in [3.63, 3.8) is 0 Å². The maximum atomic E-state index is 13.7. The first kappa shape index (κ1) is 22.6. The lowest BCUT2D eigenvalue weighted by molar-refractivity contribution is -0.384. The van der Waals surface area contributed by atoms with Gasteiger partial charge in [-0.25, -0.2) is 4.98 Å². The lowest BCUT2D eigenvalue weighted by Gasteiger charge is -2.26. The number of carbonyl (C=O) groups is 2. The minimum Gasteiger partial charge on any atom is -0.361 e. The number of aromatic amines is 1. The van der Waals surface area contributed by atoms with Crippen LogP contribution in [0.2, 0.25) is 0 Å². The zero-order valence-corrected chi connectivity index (χ0v) is 20.1. The van der Waals surface area contributed by atoms with E-state index < -0.39 is 16.9 Å². The molecular formula is C27H19N5O4S. The molecule has 3 aromatic carbocycles. The van der Waals surface area contributed by atoms with Crippen LogP contribution in [-0.2, 0) is 11.3 Å². The molecule has 0 bridgehead atoms. The predicted molar refractivity (Wildman–Crippen MR) is 140 cm³/mol. The van der Waals surface area contributed by atoms with E-state index in [1.54, 1.807) is 17.6 Å². The molecule has 1 aliphatic rings. The Morgan fingerprint density at radius 1 is 1.11 bits per heavy atom. The molecular weight excluding hydrogens is 490 g/mol. The summed E-state index contributed by atoms with van der Waals surface area (Å²) in [6, 6.07) is 18.5. The van der Waals surface area contributed by atoms with Gasteiger partial charge >= 0.3 is 0 Å². The number of benzene rings is 3. The Balaban J connectivity index is 1.37. The fourth-order valence-corrected chi connectivity index (χ4v) is 5.22. The van der Waals surface area contributed by atoms with Crippen LogP contribution in [0.15, 0.2) is 84.5 Å². The van der Waals surface area contributed by atoms with Crippen LogP contribution >= 0.6 is 11.3 Å². The molecule has 9 nitrogen and oxygen atoms in total. The van der Waals surface area contributed by atoms with Gasteiger partial charge in [-0.3, -0.25) is 25.0 Å². The highest BCUT2D eigenvalue weighted by molar-refractivity contribution is 7.13. The summed E-state index contributed by atoms with van der Waals surface area (Å²) in [6.45, 7) is 0.198. The van der Waals surface area contributed by atoms with E-state index in [1.807, 2.05) is 42.6 Å². The highest BCUT2D eigenvalue weighted by atomic mass is 32.1. The second-order valence-electron chi connectivity index (χ2n) is 8.67. The van der Waals surface area contributed by atoms with Crippen LogP contribution in [0.25, 0.3) is 22.0 Å². The van der Waals surface area contributed by atoms with Gasteiger partial charge in [0.15, 0.2) is 5.13 Å². The second-order valence-corrected chi connectivity index (χ2v) is 9.56. The van der Waals surface area contributed by atoms with Crippen LogP contribution in [0, 0.1) is 10.1 Å². The lowest BCUT2D eigenvalue weighted by Crippen LogP contribution is -2.37. The van der Waals surface area contributed by atoms with E-state index in [2.05, 4.69) is 21.4 Å². The van der Waals surface area contributed by atoms with Crippen molar-refractivity contribution in [2.24, 2.45) is 0 Å². The Morgan fingerprint density at radius 2 is 1.95 bits per heavy atom. The van der Waals surface area contributed by atoms with E-state index in [0.717, 1.165) is 27.6 Å². The first-order valence-corrected chi connectivity index (χ1v) is 12.3. The Hall–Kier alpha value is -4.83. The van der Waals surface area contributed by atoms with E-state index in [9.17, 15) is 19.7 Å². The fraction of sp³-hybridized carbons (Fsp3) is 0.0741. The van der Waals surface area contributed by atoms with Crippen molar-refractivity contribution in [3.05, 3.63) is 111 Å². The minimum absolute atomic E-state index is 0.156. The number of rotatable bonds is 6. The summed E-state index contributed by atoms with van der Waals surface area (Å²) in [5, 5.41) is 17.3. The van der Waals surface area contributed by atoms with E-state index in [4.69, 9.17) is 0 Å². The molecule has 5 aromatic rings. The first-order valence-electron chi connectivity index (χ1n) is 11.4. The number of aromatic nitrogens is 2. The Kier molecular flexibility index (Phi) is 5.50. The molecule has 6 rings (SSSR count). The molecule has 1 atom stereocenters. The summed E-state index contributed by atoms with van der Waals surface area (Å²) in [7, 11) is 0. The third-order valence-corrected chi connectivity index (χ3v) is 7.14. The van der Waals surface area contributed by atoms with Crippen molar-refractivity contribution in [2.45, 2.75) is 12.6 Å². The zero-order valence-electron chi connectivity index (χ0n) is 19.3. The highest BCUT2D eigenvalue weighted by Gasteiger charge is 2.38. The maximum absolute atomic E-state index is 13.7. The van der Waals surface area contributed by atoms with Gasteiger partial charge in [-0.05, 0) is 51.9 Å². The van der Waals surface area contributed by atoms with Crippen molar-refractivity contribution in [3.8, 4) is 11.1 Å². The van der Waals surface area contributed by atoms with Gasteiger partial charge in [0.25, 0.3) is 17.5 Å². The average molecular weight is 510 g/mol. The zero-order chi connectivity index (χ0) is 25.5. The average Bonchev–Trinajstić information content (AvgIpc) is 3.65. The minimum atomic E-state index is -1.08. The van der Waals surface area contributed by atoms with Crippen LogP contribution in [0.4, 0.5) is 10.8 Å². The maximum Gasteiger partial charge on any atom is 0.269 e. The second kappa shape index (κ2) is 8.99. The third kappa shape index (κ3) is 4.13. The number of nitro groups is 1. The molecule has 10 heteroatoms. The number of non-ortho nitro benzene ring substituents is 1. The first-order chi connectivity index (χ1) is 18.0. The van der Waals surface area contributed by atoms with Crippen molar-refractivity contribution in [1.29, 1.82) is 0 Å². The smallest absolute Gasteiger partial charge is 0.269 e. The van der Waals surface area contributed by atoms with Crippen LogP contribution in [0.5, 0.6) is 0 Å². The summed E-state index contributed by atoms with van der Waals surface area (Å²) in [4.78, 5) is 46.8. The molecule has 2 amide bonds. The standard InChI is InChI=1S/C27H19N5O4S/c33-25(30-27-29-10-11-37-27)24(19-2-1-3-21(13-19)32(35)36)31-15-20-5-4-17(14-22(20)26(31)34)16-6-7-23-18(12-16)8-9-28-23/h1-14,24,28H,15H2,(H,29,30,33). The summed E-state index contributed by atoms with van der Waals surface area (Å²) >= 11 is 1.25. The van der Waals surface area contributed by atoms with Crippen LogP contribution in [-0.4, -0.2) is 31.6 Å². The number of nitrogens with zero attached hydrogens (tertiary/aromatic N) is 3. The molecule has 1 unspecified atom stereocenters. The number of anilines is 1. The molecule has 0 aliphatic carbocycles. The normalized spacial score (nSPS) is 13.5. The fourth-order valence-electron chi connectivity index (χ4n) is 4.68. The molecule has 0 spiro atoms. The summed E-state index contributed by atoms with van der Waals surface area (Å²) in [5.74, 6) is -0.805. The van der Waals surface area contributed by atoms with Gasteiger partial charge in [0.05, 0.1) is 4.92 Å². The predicted octanol–water partition coefficient (Wildman–Crippen LogP) is 5.54. The molecule has 0 saturated carbocycles. The van der Waals surface area contributed by atoms with Crippen molar-refractivity contribution in [1.82, 2.24) is 14.9 Å². The molecule has 3 heterocycles. The van der Waals surface area contributed by atoms with Gasteiger partial charge in [-0.15, -0.1) is 11.3 Å². The Morgan fingerprint density at radius 3 is 2.76 bits per heavy atom. The molecule has 0 fully saturated rings. The molecule has 37 heavy (non-hydrogen) atoms. The van der Waals surface area contributed by atoms with Gasteiger partial charge in [0, 0.05) is 47.5 Å². The van der Waals surface area contributed by atoms with E-state index in [1.165, 1.54) is 34.4 Å². The Labute approximate surface area is 214 Å². The molecule has 0 radical (unpaired) electrons. The lowest BCUT2D eigenvalue weighted by atomic mass is 9.99. The van der Waals surface area contributed by atoms with Crippen LogP contribution in [0.3, 0.4) is 0 Å². The molecule has 2 aromatic heterocycles. The number of nitrogens with one attached hydrogen (secondary N) is 2. The molecule has 1 aliphatic heterocycles. The molecule has 2 N–H and O–H groups in total. The van der Waals surface area contributed by atoms with E-state index in [-0.39, 0.29) is 18.1 Å². The van der Waals surface area contributed by atoms with Gasteiger partial charge in [0.2, 0.25) is 0 Å². The summed E-state index contributed by atoms with van der Waals surface area (Å²) in [5.41, 5.74) is 4.36. The van der Waals surface area contributed by atoms with Crippen molar-refractivity contribution < 1.29 is 14.5 Å². The highest BCUT2D eigenvalue weighted by Crippen LogP contribution is 2.36. The largest absolute Gasteiger partial charge is 0.361 e. The monoisotopic (exact) mass is 509 g/mol. The number of carbonyl (C=O) groups excluding carboxylic acids is 2. The van der Waals surface area contributed by atoms with Gasteiger partial charge in [0.1, 0.15) is 6.04 Å². The van der Waals surface area contributed by atoms with Crippen molar-refractivity contribution >= 4 is 44.9 Å². The number of hydrogen-bond acceptors (Lipinski definition) is 6. The van der Waals surface area contributed by atoms with Crippen molar-refractivity contribution in [2.75, 3.05) is 5.32 Å². The van der Waals surface area contributed by atoms with Crippen LogP contribution in [0.1, 0.15) is 27.5 Å². The van der Waals surface area contributed by atoms with Gasteiger partial charge < -0.3 is 9.88 Å². The summed E-state index contributed by atoms with van der Waals surface area (Å²) in [6.07, 6.45) is 3.44. The number of amides is 2. The Bertz CT molecular complexity index is 1680. The van der Waals surface area contributed by atoms with E-state index in [0.29, 0.717) is 16.3 Å². The molecule has 182 valence electrons. The number of hydrogen-bond donors (Lipinski definition) is 2. The third-order valence-electron chi connectivity index (χ3n) is 6.45. The van der Waals surface area contributed by atoms with Gasteiger partial charge in [-0.2, -0.15) is 0 Å². The SMILES string of the molecule is O=C(Nc1nccs1)C(c1cccc([N+](=O)[O-])c1)N1Cc2ccc(-c3ccc4[nH]ccc4c3)cc2C1=O. The number of fused-ring (bicyclic) bond motifs is 2. The molecule has 0 saturated heterocycles. The van der Waals surface area contributed by atoms with E-state index >= 15 is 0 Å². The summed E-state index contributed by atoms with van der Waals surface area (Å²) < 4.78 is 0. The van der Waals surface area contributed by atoms with Crippen LogP contribution < -0.4 is 5.32 Å². The number of H-pyrrole nitrogens is 1. The van der Waals surface area contributed by atoms with Gasteiger partial charge in [-0.1, -0.05) is 30.3 Å². The topological polar surface area (TPSA) is 121 Å². The number of nitro benzene ring substituents is 1. The quantitative estimate of drug-likeness (QED) is 0.230.